The Bertz CT molecular complexity index is 863. The lowest BCUT2D eigenvalue weighted by molar-refractivity contribution is 0.00774. The highest BCUT2D eigenvalue weighted by molar-refractivity contribution is 7.90. The fraction of sp³-hybridized carbons (Fsp3) is 0.381. The summed E-state index contributed by atoms with van der Waals surface area (Å²) in [6.07, 6.45) is 1.84. The molecule has 1 fully saturated rings. The predicted molar refractivity (Wildman–Crippen MR) is 104 cm³/mol. The smallest absolute Gasteiger partial charge is 0.338 e. The van der Waals surface area contributed by atoms with Gasteiger partial charge in [-0.05, 0) is 55.8 Å². The molecular weight excluding hydrogens is 362 g/mol. The molecule has 0 bridgehead atoms. The van der Waals surface area contributed by atoms with E-state index < -0.39 is 9.84 Å². The molecule has 0 N–H and O–H groups in total. The number of benzene rings is 2. The SMILES string of the molecule is CCN1CCCC(OC(=O)c2ccc(CS(=O)(=O)c3ccccc3)cc2)C1. The van der Waals surface area contributed by atoms with Crippen LogP contribution in [0, 0.1) is 0 Å². The topological polar surface area (TPSA) is 63.7 Å². The highest BCUT2D eigenvalue weighted by atomic mass is 32.2. The van der Waals surface area contributed by atoms with E-state index in [1.165, 1.54) is 0 Å². The first-order valence-electron chi connectivity index (χ1n) is 9.28. The molecule has 5 nitrogen and oxygen atoms in total. The van der Waals surface area contributed by atoms with Gasteiger partial charge in [0.25, 0.3) is 0 Å². The van der Waals surface area contributed by atoms with E-state index in [1.54, 1.807) is 54.6 Å². The van der Waals surface area contributed by atoms with E-state index in [0.29, 0.717) is 16.0 Å². The lowest BCUT2D eigenvalue weighted by atomic mass is 10.1. The second kappa shape index (κ2) is 8.67. The number of likely N-dealkylation sites (N-methyl/N-ethyl adjacent to an activating group) is 1. The lowest BCUT2D eigenvalue weighted by Crippen LogP contribution is -2.40. The largest absolute Gasteiger partial charge is 0.457 e. The summed E-state index contributed by atoms with van der Waals surface area (Å²) >= 11 is 0. The summed E-state index contributed by atoms with van der Waals surface area (Å²) in [6, 6.07) is 15.0. The Balaban J connectivity index is 1.62. The number of rotatable bonds is 6. The van der Waals surface area contributed by atoms with Crippen molar-refractivity contribution in [2.45, 2.75) is 36.5 Å². The molecule has 0 aromatic heterocycles. The number of nitrogens with zero attached hydrogens (tertiary/aromatic N) is 1. The molecule has 0 radical (unpaired) electrons. The summed E-state index contributed by atoms with van der Waals surface area (Å²) in [6.45, 7) is 4.88. The summed E-state index contributed by atoms with van der Waals surface area (Å²) < 4.78 is 30.5. The molecule has 6 heteroatoms. The number of esters is 1. The number of carbonyl (C=O) groups excluding carboxylic acids is 1. The van der Waals surface area contributed by atoms with Gasteiger partial charge in [-0.25, -0.2) is 13.2 Å². The van der Waals surface area contributed by atoms with Gasteiger partial charge in [-0.2, -0.15) is 0 Å². The second-order valence-corrected chi connectivity index (χ2v) is 8.82. The summed E-state index contributed by atoms with van der Waals surface area (Å²) in [4.78, 5) is 14.9. The molecule has 0 spiro atoms. The van der Waals surface area contributed by atoms with Crippen LogP contribution in [0.1, 0.15) is 35.7 Å². The van der Waals surface area contributed by atoms with Gasteiger partial charge in [0.2, 0.25) is 0 Å². The molecule has 1 saturated heterocycles. The maximum Gasteiger partial charge on any atom is 0.338 e. The molecule has 27 heavy (non-hydrogen) atoms. The molecule has 0 amide bonds. The quantitative estimate of drug-likeness (QED) is 0.712. The third kappa shape index (κ3) is 5.17. The number of sulfone groups is 1. The Morgan fingerprint density at radius 3 is 2.48 bits per heavy atom. The minimum atomic E-state index is -3.40. The van der Waals surface area contributed by atoms with Crippen molar-refractivity contribution in [1.29, 1.82) is 0 Å². The van der Waals surface area contributed by atoms with Crippen LogP contribution in [-0.2, 0) is 20.3 Å². The number of ether oxygens (including phenoxy) is 1. The van der Waals surface area contributed by atoms with Gasteiger partial charge in [-0.15, -0.1) is 0 Å². The molecule has 3 rings (SSSR count). The highest BCUT2D eigenvalue weighted by Gasteiger charge is 2.23. The molecule has 0 aliphatic carbocycles. The normalized spacial score (nSPS) is 18.2. The standard InChI is InChI=1S/C21H25NO4S/c1-2-22-14-6-7-19(15-22)26-21(23)18-12-10-17(11-13-18)16-27(24,25)20-8-4-3-5-9-20/h3-5,8-13,19H,2,6-7,14-16H2,1H3. The molecule has 1 atom stereocenters. The summed E-state index contributed by atoms with van der Waals surface area (Å²) in [7, 11) is -3.40. The van der Waals surface area contributed by atoms with Gasteiger partial charge in [0.1, 0.15) is 6.10 Å². The predicted octanol–water partition coefficient (Wildman–Crippen LogP) is 3.30. The van der Waals surface area contributed by atoms with E-state index in [2.05, 4.69) is 11.8 Å². The second-order valence-electron chi connectivity index (χ2n) is 6.83. The third-order valence-corrected chi connectivity index (χ3v) is 6.54. The van der Waals surface area contributed by atoms with Gasteiger partial charge in [-0.1, -0.05) is 37.3 Å². The zero-order valence-electron chi connectivity index (χ0n) is 15.5. The van der Waals surface area contributed by atoms with E-state index in [4.69, 9.17) is 4.74 Å². The molecule has 0 saturated carbocycles. The summed E-state index contributed by atoms with van der Waals surface area (Å²) in [5, 5.41) is 0. The molecule has 2 aromatic carbocycles. The average Bonchev–Trinajstić information content (AvgIpc) is 2.69. The Morgan fingerprint density at radius 1 is 1.11 bits per heavy atom. The zero-order valence-corrected chi connectivity index (χ0v) is 16.3. The number of likely N-dealkylation sites (tertiary alicyclic amines) is 1. The zero-order chi connectivity index (χ0) is 19.3. The van der Waals surface area contributed by atoms with Crippen molar-refractivity contribution in [3.63, 3.8) is 0 Å². The van der Waals surface area contributed by atoms with Crippen LogP contribution in [0.2, 0.25) is 0 Å². The number of hydrogen-bond donors (Lipinski definition) is 0. The van der Waals surface area contributed by atoms with E-state index in [1.807, 2.05) is 0 Å². The number of carbonyl (C=O) groups is 1. The minimum Gasteiger partial charge on any atom is -0.457 e. The van der Waals surface area contributed by atoms with E-state index in [9.17, 15) is 13.2 Å². The first-order chi connectivity index (χ1) is 13.0. The van der Waals surface area contributed by atoms with Crippen LogP contribution < -0.4 is 0 Å². The Labute approximate surface area is 160 Å². The van der Waals surface area contributed by atoms with Gasteiger partial charge < -0.3 is 4.74 Å². The molecule has 1 unspecified atom stereocenters. The molecule has 1 aliphatic rings. The van der Waals surface area contributed by atoms with Crippen LogP contribution in [0.25, 0.3) is 0 Å². The van der Waals surface area contributed by atoms with Gasteiger partial charge in [0, 0.05) is 6.54 Å². The van der Waals surface area contributed by atoms with E-state index in [0.717, 1.165) is 32.5 Å². The fourth-order valence-electron chi connectivity index (χ4n) is 3.28. The van der Waals surface area contributed by atoms with Crippen molar-refractivity contribution >= 4 is 15.8 Å². The molecule has 1 heterocycles. The fourth-order valence-corrected chi connectivity index (χ4v) is 4.65. The summed E-state index contributed by atoms with van der Waals surface area (Å²) in [5.74, 6) is -0.448. The van der Waals surface area contributed by atoms with Crippen LogP contribution >= 0.6 is 0 Å². The van der Waals surface area contributed by atoms with Gasteiger partial charge in [0.15, 0.2) is 9.84 Å². The molecular formula is C21H25NO4S. The van der Waals surface area contributed by atoms with Crippen LogP contribution in [0.3, 0.4) is 0 Å². The van der Waals surface area contributed by atoms with Gasteiger partial charge in [0.05, 0.1) is 16.2 Å². The van der Waals surface area contributed by atoms with Crippen LogP contribution in [0.5, 0.6) is 0 Å². The summed E-state index contributed by atoms with van der Waals surface area (Å²) in [5.41, 5.74) is 1.09. The van der Waals surface area contributed by atoms with Crippen LogP contribution in [0.4, 0.5) is 0 Å². The van der Waals surface area contributed by atoms with E-state index >= 15 is 0 Å². The number of hydrogen-bond acceptors (Lipinski definition) is 5. The van der Waals surface area contributed by atoms with Crippen LogP contribution in [0.15, 0.2) is 59.5 Å². The van der Waals surface area contributed by atoms with Crippen molar-refractivity contribution in [3.8, 4) is 0 Å². The van der Waals surface area contributed by atoms with Crippen molar-refractivity contribution < 1.29 is 17.9 Å². The van der Waals surface area contributed by atoms with Crippen molar-refractivity contribution in [3.05, 3.63) is 65.7 Å². The maximum absolute atomic E-state index is 12.4. The lowest BCUT2D eigenvalue weighted by Gasteiger charge is -2.31. The Kier molecular flexibility index (Phi) is 6.29. The van der Waals surface area contributed by atoms with Gasteiger partial charge in [-0.3, -0.25) is 4.90 Å². The van der Waals surface area contributed by atoms with Crippen LogP contribution in [-0.4, -0.2) is 45.0 Å². The Hall–Kier alpha value is -2.18. The third-order valence-electron chi connectivity index (χ3n) is 4.83. The molecule has 1 aliphatic heterocycles. The van der Waals surface area contributed by atoms with Gasteiger partial charge >= 0.3 is 5.97 Å². The van der Waals surface area contributed by atoms with E-state index in [-0.39, 0.29) is 17.8 Å². The highest BCUT2D eigenvalue weighted by Crippen LogP contribution is 2.18. The Morgan fingerprint density at radius 2 is 1.81 bits per heavy atom. The maximum atomic E-state index is 12.4. The molecule has 2 aromatic rings. The van der Waals surface area contributed by atoms with Crippen molar-refractivity contribution in [2.24, 2.45) is 0 Å². The number of piperidine rings is 1. The minimum absolute atomic E-state index is 0.0793. The first kappa shape index (κ1) is 19.6. The average molecular weight is 388 g/mol. The first-order valence-corrected chi connectivity index (χ1v) is 10.9. The molecule has 144 valence electrons. The monoisotopic (exact) mass is 387 g/mol. The van der Waals surface area contributed by atoms with Crippen molar-refractivity contribution in [2.75, 3.05) is 19.6 Å². The van der Waals surface area contributed by atoms with Crippen molar-refractivity contribution in [1.82, 2.24) is 4.90 Å².